The SMILES string of the molecule is CC1CCN(C(=O)c2cccnc2-c2cncs2)CC1. The van der Waals surface area contributed by atoms with E-state index in [0.717, 1.165) is 36.5 Å². The summed E-state index contributed by atoms with van der Waals surface area (Å²) in [6.45, 7) is 3.93. The van der Waals surface area contributed by atoms with Crippen molar-refractivity contribution in [1.82, 2.24) is 14.9 Å². The Morgan fingerprint density at radius 2 is 2.20 bits per heavy atom. The van der Waals surface area contributed by atoms with Crippen LogP contribution in [0.3, 0.4) is 0 Å². The third-order valence-corrected chi connectivity index (χ3v) is 4.55. The first-order valence-corrected chi connectivity index (χ1v) is 7.77. The Bertz CT molecular complexity index is 589. The summed E-state index contributed by atoms with van der Waals surface area (Å²) in [6.07, 6.45) is 5.66. The molecule has 0 saturated carbocycles. The molecule has 1 saturated heterocycles. The van der Waals surface area contributed by atoms with Gasteiger partial charge in [0, 0.05) is 25.5 Å². The maximum atomic E-state index is 12.7. The van der Waals surface area contributed by atoms with Crippen molar-refractivity contribution in [2.45, 2.75) is 19.8 Å². The Balaban J connectivity index is 1.89. The first kappa shape index (κ1) is 13.2. The molecule has 2 aromatic rings. The lowest BCUT2D eigenvalue weighted by Gasteiger charge is -2.30. The first-order chi connectivity index (χ1) is 9.75. The number of likely N-dealkylation sites (tertiary alicyclic amines) is 1. The summed E-state index contributed by atoms with van der Waals surface area (Å²) >= 11 is 1.51. The normalized spacial score (nSPS) is 16.4. The lowest BCUT2D eigenvalue weighted by atomic mass is 9.98. The van der Waals surface area contributed by atoms with Gasteiger partial charge in [-0.25, -0.2) is 0 Å². The third-order valence-electron chi connectivity index (χ3n) is 3.77. The maximum Gasteiger partial charge on any atom is 0.256 e. The van der Waals surface area contributed by atoms with Crippen LogP contribution in [0.25, 0.3) is 10.6 Å². The molecule has 4 nitrogen and oxygen atoms in total. The van der Waals surface area contributed by atoms with Crippen LogP contribution in [0.2, 0.25) is 0 Å². The number of hydrogen-bond donors (Lipinski definition) is 0. The molecule has 5 heteroatoms. The molecular weight excluding hydrogens is 270 g/mol. The lowest BCUT2D eigenvalue weighted by molar-refractivity contribution is 0.0697. The lowest BCUT2D eigenvalue weighted by Crippen LogP contribution is -2.38. The summed E-state index contributed by atoms with van der Waals surface area (Å²) < 4.78 is 0. The number of rotatable bonds is 2. The van der Waals surface area contributed by atoms with E-state index < -0.39 is 0 Å². The molecule has 0 spiro atoms. The van der Waals surface area contributed by atoms with Crippen LogP contribution in [0, 0.1) is 5.92 Å². The Morgan fingerprint density at radius 1 is 1.40 bits per heavy atom. The second kappa shape index (κ2) is 5.71. The fraction of sp³-hybridized carbons (Fsp3) is 0.400. The van der Waals surface area contributed by atoms with Crippen molar-refractivity contribution in [3.05, 3.63) is 35.6 Å². The summed E-state index contributed by atoms with van der Waals surface area (Å²) in [6, 6.07) is 3.69. The average Bonchev–Trinajstić information content (AvgIpc) is 3.01. The highest BCUT2D eigenvalue weighted by Gasteiger charge is 2.24. The minimum absolute atomic E-state index is 0.0911. The Kier molecular flexibility index (Phi) is 3.78. The molecule has 0 unspecified atom stereocenters. The van der Waals surface area contributed by atoms with Crippen molar-refractivity contribution < 1.29 is 4.79 Å². The van der Waals surface area contributed by atoms with Gasteiger partial charge in [0.05, 0.1) is 21.6 Å². The van der Waals surface area contributed by atoms with Gasteiger partial charge < -0.3 is 4.90 Å². The number of carbonyl (C=O) groups excluding carboxylic acids is 1. The van der Waals surface area contributed by atoms with Gasteiger partial charge in [-0.1, -0.05) is 6.92 Å². The molecule has 20 heavy (non-hydrogen) atoms. The van der Waals surface area contributed by atoms with Crippen molar-refractivity contribution in [2.24, 2.45) is 5.92 Å². The van der Waals surface area contributed by atoms with Crippen molar-refractivity contribution in [3.63, 3.8) is 0 Å². The molecule has 0 N–H and O–H groups in total. The van der Waals surface area contributed by atoms with Gasteiger partial charge in [-0.2, -0.15) is 0 Å². The summed E-state index contributed by atoms with van der Waals surface area (Å²) in [5.74, 6) is 0.808. The molecule has 1 amide bonds. The Hall–Kier alpha value is -1.75. The van der Waals surface area contributed by atoms with Gasteiger partial charge in [0.25, 0.3) is 5.91 Å². The number of hydrogen-bond acceptors (Lipinski definition) is 4. The second-order valence-electron chi connectivity index (χ2n) is 5.24. The molecule has 0 bridgehead atoms. The van der Waals surface area contributed by atoms with E-state index in [1.165, 1.54) is 11.3 Å². The molecule has 2 aromatic heterocycles. The number of carbonyl (C=O) groups is 1. The molecule has 1 aliphatic heterocycles. The summed E-state index contributed by atoms with van der Waals surface area (Å²) in [5.41, 5.74) is 3.20. The predicted molar refractivity (Wildman–Crippen MR) is 79.6 cm³/mol. The van der Waals surface area contributed by atoms with Crippen LogP contribution >= 0.6 is 11.3 Å². The van der Waals surface area contributed by atoms with E-state index in [0.29, 0.717) is 11.5 Å². The fourth-order valence-electron chi connectivity index (χ4n) is 2.49. The average molecular weight is 287 g/mol. The summed E-state index contributed by atoms with van der Waals surface area (Å²) in [7, 11) is 0. The quantitative estimate of drug-likeness (QED) is 0.852. The highest BCUT2D eigenvalue weighted by molar-refractivity contribution is 7.13. The number of thiazole rings is 1. The number of piperidine rings is 1. The van der Waals surface area contributed by atoms with E-state index in [1.54, 1.807) is 17.9 Å². The minimum atomic E-state index is 0.0911. The topological polar surface area (TPSA) is 46.1 Å². The van der Waals surface area contributed by atoms with Crippen molar-refractivity contribution in [3.8, 4) is 10.6 Å². The van der Waals surface area contributed by atoms with Gasteiger partial charge in [0.1, 0.15) is 0 Å². The van der Waals surface area contributed by atoms with Crippen LogP contribution in [0.1, 0.15) is 30.1 Å². The Labute approximate surface area is 122 Å². The largest absolute Gasteiger partial charge is 0.339 e. The predicted octanol–water partition coefficient (Wildman–Crippen LogP) is 3.08. The molecule has 3 heterocycles. The fourth-order valence-corrected chi connectivity index (χ4v) is 3.12. The van der Waals surface area contributed by atoms with Gasteiger partial charge in [-0.15, -0.1) is 11.3 Å². The van der Waals surface area contributed by atoms with Crippen LogP contribution in [0.15, 0.2) is 30.0 Å². The van der Waals surface area contributed by atoms with Gasteiger partial charge in [-0.3, -0.25) is 14.8 Å². The molecule has 0 atom stereocenters. The van der Waals surface area contributed by atoms with Crippen LogP contribution in [-0.4, -0.2) is 33.9 Å². The first-order valence-electron chi connectivity index (χ1n) is 6.89. The zero-order valence-corrected chi connectivity index (χ0v) is 12.3. The third kappa shape index (κ3) is 2.58. The molecular formula is C15H17N3OS. The highest BCUT2D eigenvalue weighted by atomic mass is 32.1. The van der Waals surface area contributed by atoms with Gasteiger partial charge >= 0.3 is 0 Å². The van der Waals surface area contributed by atoms with Crippen molar-refractivity contribution in [2.75, 3.05) is 13.1 Å². The minimum Gasteiger partial charge on any atom is -0.339 e. The molecule has 0 radical (unpaired) electrons. The number of nitrogens with zero attached hydrogens (tertiary/aromatic N) is 3. The van der Waals surface area contributed by atoms with Gasteiger partial charge in [-0.05, 0) is 30.9 Å². The molecule has 3 rings (SSSR count). The number of aromatic nitrogens is 2. The van der Waals surface area contributed by atoms with Crippen LogP contribution in [-0.2, 0) is 0 Å². The van der Waals surface area contributed by atoms with Crippen molar-refractivity contribution >= 4 is 17.2 Å². The van der Waals surface area contributed by atoms with E-state index in [4.69, 9.17) is 0 Å². The van der Waals surface area contributed by atoms with E-state index in [1.807, 2.05) is 17.0 Å². The highest BCUT2D eigenvalue weighted by Crippen LogP contribution is 2.26. The number of amides is 1. The van der Waals surface area contributed by atoms with E-state index in [-0.39, 0.29) is 5.91 Å². The van der Waals surface area contributed by atoms with Crippen molar-refractivity contribution in [1.29, 1.82) is 0 Å². The van der Waals surface area contributed by atoms with Crippen LogP contribution < -0.4 is 0 Å². The smallest absolute Gasteiger partial charge is 0.256 e. The second-order valence-corrected chi connectivity index (χ2v) is 6.13. The van der Waals surface area contributed by atoms with Crippen LogP contribution in [0.4, 0.5) is 0 Å². The van der Waals surface area contributed by atoms with E-state index in [9.17, 15) is 4.79 Å². The van der Waals surface area contributed by atoms with E-state index in [2.05, 4.69) is 16.9 Å². The molecule has 0 aliphatic carbocycles. The Morgan fingerprint density at radius 3 is 2.90 bits per heavy atom. The van der Waals surface area contributed by atoms with Gasteiger partial charge in [0.15, 0.2) is 0 Å². The van der Waals surface area contributed by atoms with Crippen LogP contribution in [0.5, 0.6) is 0 Å². The standard InChI is InChI=1S/C15H17N3OS/c1-11-4-7-18(8-5-11)15(19)12-3-2-6-17-14(12)13-9-16-10-20-13/h2-3,6,9-11H,4-5,7-8H2,1H3. The monoisotopic (exact) mass is 287 g/mol. The number of pyridine rings is 1. The molecule has 0 aromatic carbocycles. The zero-order chi connectivity index (χ0) is 13.9. The van der Waals surface area contributed by atoms with Gasteiger partial charge in [0.2, 0.25) is 0 Å². The van der Waals surface area contributed by atoms with E-state index >= 15 is 0 Å². The maximum absolute atomic E-state index is 12.7. The summed E-state index contributed by atoms with van der Waals surface area (Å²) in [5, 5.41) is 0. The summed E-state index contributed by atoms with van der Waals surface area (Å²) in [4.78, 5) is 24.0. The zero-order valence-electron chi connectivity index (χ0n) is 11.5. The molecule has 1 aliphatic rings. The molecule has 104 valence electrons. The molecule has 1 fully saturated rings.